The highest BCUT2D eigenvalue weighted by Gasteiger charge is 2.27. The molecule has 0 atom stereocenters. The molecule has 0 saturated carbocycles. The Bertz CT molecular complexity index is 988. The number of esters is 1. The van der Waals surface area contributed by atoms with Crippen molar-refractivity contribution in [2.24, 2.45) is 0 Å². The van der Waals surface area contributed by atoms with E-state index >= 15 is 0 Å². The molecule has 0 bridgehead atoms. The van der Waals surface area contributed by atoms with Gasteiger partial charge in [-0.3, -0.25) is 4.79 Å². The van der Waals surface area contributed by atoms with E-state index in [4.69, 9.17) is 4.74 Å². The average molecular weight is 404 g/mol. The summed E-state index contributed by atoms with van der Waals surface area (Å²) in [4.78, 5) is 25.0. The number of hydrogen-bond acceptors (Lipinski definition) is 5. The molecule has 0 aliphatic rings. The fraction of sp³-hybridized carbons (Fsp3) is 0.333. The van der Waals surface area contributed by atoms with Crippen LogP contribution in [0.4, 0.5) is 5.69 Å². The second-order valence-corrected chi connectivity index (χ2v) is 8.58. The van der Waals surface area contributed by atoms with Gasteiger partial charge in [-0.1, -0.05) is 23.8 Å². The summed E-state index contributed by atoms with van der Waals surface area (Å²) in [6, 6.07) is 9.79. The smallest absolute Gasteiger partial charge is 0.338 e. The number of benzene rings is 2. The number of carbonyl (C=O) groups is 2. The molecule has 0 aliphatic carbocycles. The highest BCUT2D eigenvalue weighted by Crippen LogP contribution is 2.23. The van der Waals surface area contributed by atoms with Gasteiger partial charge in [0, 0.05) is 0 Å². The number of nitrogens with zero attached hydrogens (tertiary/aromatic N) is 1. The maximum absolute atomic E-state index is 13.0. The first-order valence-electron chi connectivity index (χ1n) is 8.91. The van der Waals surface area contributed by atoms with Gasteiger partial charge in [-0.2, -0.15) is 0 Å². The lowest BCUT2D eigenvalue weighted by Crippen LogP contribution is -2.37. The van der Waals surface area contributed by atoms with E-state index in [1.54, 1.807) is 6.92 Å². The molecule has 0 unspecified atom stereocenters. The zero-order chi connectivity index (χ0) is 21.1. The predicted molar refractivity (Wildman–Crippen MR) is 109 cm³/mol. The molecule has 2 aromatic carbocycles. The van der Waals surface area contributed by atoms with Crippen LogP contribution in [0.25, 0.3) is 0 Å². The zero-order valence-corrected chi connectivity index (χ0v) is 17.6. The van der Waals surface area contributed by atoms with Gasteiger partial charge in [-0.25, -0.2) is 17.5 Å². The van der Waals surface area contributed by atoms with Crippen LogP contribution in [0.15, 0.2) is 36.4 Å². The van der Waals surface area contributed by atoms with Crippen molar-refractivity contribution in [2.45, 2.75) is 34.1 Å². The number of rotatable bonds is 6. The number of hydrogen-bond donors (Lipinski definition) is 0. The number of amides is 1. The molecule has 0 saturated heterocycles. The van der Waals surface area contributed by atoms with Gasteiger partial charge in [-0.05, 0) is 62.6 Å². The van der Waals surface area contributed by atoms with Crippen molar-refractivity contribution in [1.82, 2.24) is 0 Å². The molecule has 0 radical (unpaired) electrons. The Morgan fingerprint density at radius 1 is 1.04 bits per heavy atom. The third-order valence-corrected chi connectivity index (χ3v) is 5.40. The SMILES string of the molecule is CCOC(=O)c1cccc(N(C(=O)Cc2c(C)cc(C)cc2C)S(C)(=O)=O)c1. The Labute approximate surface area is 166 Å². The van der Waals surface area contributed by atoms with E-state index in [1.165, 1.54) is 24.3 Å². The molecule has 0 heterocycles. The second kappa shape index (κ2) is 8.56. The summed E-state index contributed by atoms with van der Waals surface area (Å²) >= 11 is 0. The van der Waals surface area contributed by atoms with E-state index in [9.17, 15) is 18.0 Å². The van der Waals surface area contributed by atoms with E-state index in [2.05, 4.69) is 0 Å². The lowest BCUT2D eigenvalue weighted by atomic mass is 9.97. The zero-order valence-electron chi connectivity index (χ0n) is 16.8. The maximum atomic E-state index is 13.0. The first-order chi connectivity index (χ1) is 13.0. The molecular weight excluding hydrogens is 378 g/mol. The molecule has 0 spiro atoms. The Morgan fingerprint density at radius 2 is 1.64 bits per heavy atom. The number of carbonyl (C=O) groups excluding carboxylic acids is 2. The Balaban J connectivity index is 2.45. The minimum atomic E-state index is -3.89. The molecule has 0 aliphatic heterocycles. The molecular formula is C21H25NO5S. The van der Waals surface area contributed by atoms with Gasteiger partial charge >= 0.3 is 5.97 Å². The number of anilines is 1. The third-order valence-electron chi connectivity index (χ3n) is 4.32. The van der Waals surface area contributed by atoms with E-state index in [0.717, 1.165) is 32.8 Å². The minimum Gasteiger partial charge on any atom is -0.462 e. The molecule has 1 amide bonds. The summed E-state index contributed by atoms with van der Waals surface area (Å²) < 4.78 is 30.5. The van der Waals surface area contributed by atoms with Gasteiger partial charge in [0.1, 0.15) is 0 Å². The monoisotopic (exact) mass is 403 g/mol. The summed E-state index contributed by atoms with van der Waals surface area (Å²) in [5.41, 5.74) is 4.03. The van der Waals surface area contributed by atoms with Gasteiger partial charge in [0.15, 0.2) is 0 Å². The number of aryl methyl sites for hydroxylation is 3. The van der Waals surface area contributed by atoms with Crippen LogP contribution in [-0.2, 0) is 26.0 Å². The lowest BCUT2D eigenvalue weighted by molar-refractivity contribution is -0.116. The van der Waals surface area contributed by atoms with Crippen molar-refractivity contribution < 1.29 is 22.7 Å². The molecule has 7 heteroatoms. The van der Waals surface area contributed by atoms with Crippen LogP contribution in [0, 0.1) is 20.8 Å². The van der Waals surface area contributed by atoms with Crippen molar-refractivity contribution >= 4 is 27.6 Å². The highest BCUT2D eigenvalue weighted by atomic mass is 32.2. The topological polar surface area (TPSA) is 80.8 Å². The quantitative estimate of drug-likeness (QED) is 0.691. The molecule has 0 N–H and O–H groups in total. The van der Waals surface area contributed by atoms with Crippen molar-refractivity contribution in [1.29, 1.82) is 0 Å². The summed E-state index contributed by atoms with van der Waals surface area (Å²) in [6.45, 7) is 7.64. The summed E-state index contributed by atoms with van der Waals surface area (Å²) in [5, 5.41) is 0. The Kier molecular flexibility index (Phi) is 6.61. The van der Waals surface area contributed by atoms with Crippen LogP contribution in [0.1, 0.15) is 39.5 Å². The standard InChI is InChI=1S/C21H25NO5S/c1-6-27-21(24)17-8-7-9-18(12-17)22(28(5,25)26)20(23)13-19-15(3)10-14(2)11-16(19)4/h7-12H,6,13H2,1-5H3. The minimum absolute atomic E-state index is 0.0609. The Hall–Kier alpha value is -2.67. The third kappa shape index (κ3) is 4.98. The van der Waals surface area contributed by atoms with Crippen LogP contribution >= 0.6 is 0 Å². The van der Waals surface area contributed by atoms with Crippen molar-refractivity contribution in [2.75, 3.05) is 17.2 Å². The fourth-order valence-electron chi connectivity index (χ4n) is 3.21. The van der Waals surface area contributed by atoms with E-state index in [1.807, 2.05) is 32.9 Å². The first kappa shape index (κ1) is 21.6. The van der Waals surface area contributed by atoms with Crippen LogP contribution in [-0.4, -0.2) is 33.2 Å². The van der Waals surface area contributed by atoms with Gasteiger partial charge < -0.3 is 4.74 Å². The summed E-state index contributed by atoms with van der Waals surface area (Å²) in [7, 11) is -3.89. The molecule has 6 nitrogen and oxygen atoms in total. The van der Waals surface area contributed by atoms with Crippen molar-refractivity contribution in [3.8, 4) is 0 Å². The van der Waals surface area contributed by atoms with Crippen LogP contribution in [0.2, 0.25) is 0 Å². The largest absolute Gasteiger partial charge is 0.462 e. The van der Waals surface area contributed by atoms with Crippen LogP contribution < -0.4 is 4.31 Å². The first-order valence-corrected chi connectivity index (χ1v) is 10.8. The molecule has 0 fully saturated rings. The van der Waals surface area contributed by atoms with Gasteiger partial charge in [0.25, 0.3) is 0 Å². The number of sulfonamides is 1. The average Bonchev–Trinajstić information content (AvgIpc) is 2.57. The molecule has 2 rings (SSSR count). The molecule has 28 heavy (non-hydrogen) atoms. The highest BCUT2D eigenvalue weighted by molar-refractivity contribution is 7.92. The summed E-state index contributed by atoms with van der Waals surface area (Å²) in [6.07, 6.45) is 0.908. The van der Waals surface area contributed by atoms with E-state index in [-0.39, 0.29) is 24.3 Å². The lowest BCUT2D eigenvalue weighted by Gasteiger charge is -2.22. The van der Waals surface area contributed by atoms with Gasteiger partial charge in [-0.15, -0.1) is 0 Å². The van der Waals surface area contributed by atoms with Gasteiger partial charge in [0.2, 0.25) is 15.9 Å². The van der Waals surface area contributed by atoms with Gasteiger partial charge in [0.05, 0.1) is 30.5 Å². The van der Waals surface area contributed by atoms with Crippen molar-refractivity contribution in [3.63, 3.8) is 0 Å². The molecule has 0 aromatic heterocycles. The van der Waals surface area contributed by atoms with Crippen LogP contribution in [0.3, 0.4) is 0 Å². The van der Waals surface area contributed by atoms with E-state index in [0.29, 0.717) is 0 Å². The molecule has 2 aromatic rings. The predicted octanol–water partition coefficient (Wildman–Crippen LogP) is 3.32. The van der Waals surface area contributed by atoms with Crippen LogP contribution in [0.5, 0.6) is 0 Å². The summed E-state index contributed by atoms with van der Waals surface area (Å²) in [5.74, 6) is -1.16. The Morgan fingerprint density at radius 3 is 2.18 bits per heavy atom. The van der Waals surface area contributed by atoms with E-state index < -0.39 is 21.9 Å². The molecule has 150 valence electrons. The fourth-order valence-corrected chi connectivity index (χ4v) is 4.14. The van der Waals surface area contributed by atoms with Crippen molar-refractivity contribution in [3.05, 3.63) is 64.2 Å². The number of ether oxygens (including phenoxy) is 1. The normalized spacial score (nSPS) is 11.2. The maximum Gasteiger partial charge on any atom is 0.338 e. The second-order valence-electron chi connectivity index (χ2n) is 6.75.